The lowest BCUT2D eigenvalue weighted by Crippen LogP contribution is -2.32. The van der Waals surface area contributed by atoms with Gasteiger partial charge in [0.25, 0.3) is 0 Å². The standard InChI is InChI=1S/C15H22N2O2/c1-19-14-6-4-12(5-7-14)3-2-9-17-15(18)13-8-10-16-11-13/h4-7,13,16H,2-3,8-11H2,1H3,(H,17,18). The molecule has 2 N–H and O–H groups in total. The van der Waals surface area contributed by atoms with Crippen molar-refractivity contribution in [1.29, 1.82) is 0 Å². The quantitative estimate of drug-likeness (QED) is 0.761. The van der Waals surface area contributed by atoms with Gasteiger partial charge >= 0.3 is 0 Å². The highest BCUT2D eigenvalue weighted by molar-refractivity contribution is 5.79. The molecule has 4 nitrogen and oxygen atoms in total. The Morgan fingerprint density at radius 2 is 2.21 bits per heavy atom. The lowest BCUT2D eigenvalue weighted by Gasteiger charge is -2.09. The number of benzene rings is 1. The second kappa shape index (κ2) is 7.14. The monoisotopic (exact) mass is 262 g/mol. The summed E-state index contributed by atoms with van der Waals surface area (Å²) in [4.78, 5) is 11.8. The smallest absolute Gasteiger partial charge is 0.224 e. The van der Waals surface area contributed by atoms with Crippen LogP contribution >= 0.6 is 0 Å². The van der Waals surface area contributed by atoms with Crippen molar-refractivity contribution in [3.63, 3.8) is 0 Å². The third-order valence-corrected chi connectivity index (χ3v) is 3.53. The molecule has 1 aliphatic rings. The molecule has 1 heterocycles. The molecule has 0 bridgehead atoms. The van der Waals surface area contributed by atoms with E-state index in [1.54, 1.807) is 7.11 Å². The minimum absolute atomic E-state index is 0.168. The summed E-state index contributed by atoms with van der Waals surface area (Å²) in [5.74, 6) is 1.24. The van der Waals surface area contributed by atoms with E-state index in [0.717, 1.165) is 44.6 Å². The maximum absolute atomic E-state index is 11.8. The first kappa shape index (κ1) is 13.9. The SMILES string of the molecule is COc1ccc(CCCNC(=O)C2CCNC2)cc1. The van der Waals surface area contributed by atoms with E-state index in [9.17, 15) is 4.79 Å². The van der Waals surface area contributed by atoms with Crippen LogP contribution in [0, 0.1) is 5.92 Å². The minimum Gasteiger partial charge on any atom is -0.497 e. The largest absolute Gasteiger partial charge is 0.497 e. The Morgan fingerprint density at radius 1 is 1.42 bits per heavy atom. The van der Waals surface area contributed by atoms with Crippen LogP contribution in [0.2, 0.25) is 0 Å². The van der Waals surface area contributed by atoms with Crippen LogP contribution in [0.1, 0.15) is 18.4 Å². The van der Waals surface area contributed by atoms with Crippen molar-refractivity contribution in [1.82, 2.24) is 10.6 Å². The van der Waals surface area contributed by atoms with E-state index >= 15 is 0 Å². The van der Waals surface area contributed by atoms with Gasteiger partial charge in [-0.15, -0.1) is 0 Å². The van der Waals surface area contributed by atoms with E-state index in [-0.39, 0.29) is 11.8 Å². The summed E-state index contributed by atoms with van der Waals surface area (Å²) >= 11 is 0. The average Bonchev–Trinajstić information content (AvgIpc) is 2.98. The van der Waals surface area contributed by atoms with Gasteiger partial charge in [0.1, 0.15) is 5.75 Å². The predicted molar refractivity (Wildman–Crippen MR) is 75.3 cm³/mol. The number of methoxy groups -OCH3 is 1. The Morgan fingerprint density at radius 3 is 2.84 bits per heavy atom. The highest BCUT2D eigenvalue weighted by Crippen LogP contribution is 2.12. The molecular weight excluding hydrogens is 240 g/mol. The molecule has 19 heavy (non-hydrogen) atoms. The highest BCUT2D eigenvalue weighted by atomic mass is 16.5. The van der Waals surface area contributed by atoms with E-state index in [1.807, 2.05) is 12.1 Å². The summed E-state index contributed by atoms with van der Waals surface area (Å²) in [5, 5.41) is 6.22. The van der Waals surface area contributed by atoms with E-state index < -0.39 is 0 Å². The summed E-state index contributed by atoms with van der Waals surface area (Å²) < 4.78 is 5.12. The van der Waals surface area contributed by atoms with Crippen molar-refractivity contribution >= 4 is 5.91 Å². The number of hydrogen-bond acceptors (Lipinski definition) is 3. The van der Waals surface area contributed by atoms with Crippen LogP contribution in [0.25, 0.3) is 0 Å². The average molecular weight is 262 g/mol. The van der Waals surface area contributed by atoms with Crippen molar-refractivity contribution in [2.45, 2.75) is 19.3 Å². The van der Waals surface area contributed by atoms with Crippen molar-refractivity contribution in [2.75, 3.05) is 26.7 Å². The Kier molecular flexibility index (Phi) is 5.21. The first-order valence-corrected chi connectivity index (χ1v) is 6.91. The number of nitrogens with one attached hydrogen (secondary N) is 2. The summed E-state index contributed by atoms with van der Waals surface area (Å²) in [5.41, 5.74) is 1.28. The fourth-order valence-electron chi connectivity index (χ4n) is 2.32. The molecule has 4 heteroatoms. The molecule has 0 aliphatic carbocycles. The normalized spacial score (nSPS) is 18.3. The number of hydrogen-bond donors (Lipinski definition) is 2. The van der Waals surface area contributed by atoms with Gasteiger partial charge < -0.3 is 15.4 Å². The van der Waals surface area contributed by atoms with Crippen LogP contribution in [-0.4, -0.2) is 32.7 Å². The molecule has 1 amide bonds. The van der Waals surface area contributed by atoms with Crippen LogP contribution in [0.3, 0.4) is 0 Å². The number of carbonyl (C=O) groups is 1. The van der Waals surface area contributed by atoms with Crippen LogP contribution in [-0.2, 0) is 11.2 Å². The molecule has 1 unspecified atom stereocenters. The Hall–Kier alpha value is -1.55. The zero-order valence-electron chi connectivity index (χ0n) is 11.4. The Balaban J connectivity index is 1.64. The first-order chi connectivity index (χ1) is 9.29. The number of amides is 1. The molecule has 0 aromatic heterocycles. The molecule has 1 aromatic carbocycles. The molecule has 2 rings (SSSR count). The minimum atomic E-state index is 0.168. The predicted octanol–water partition coefficient (Wildman–Crippen LogP) is 1.35. The van der Waals surface area contributed by atoms with Gasteiger partial charge in [-0.25, -0.2) is 0 Å². The summed E-state index contributed by atoms with van der Waals surface area (Å²) in [6, 6.07) is 8.08. The van der Waals surface area contributed by atoms with E-state index in [4.69, 9.17) is 4.74 Å². The molecule has 1 atom stereocenters. The number of rotatable bonds is 6. The lowest BCUT2D eigenvalue weighted by atomic mass is 10.1. The number of carbonyl (C=O) groups excluding carboxylic acids is 1. The number of aryl methyl sites for hydroxylation is 1. The molecule has 0 radical (unpaired) electrons. The second-order valence-electron chi connectivity index (χ2n) is 4.93. The van der Waals surface area contributed by atoms with Crippen molar-refractivity contribution in [2.24, 2.45) is 5.92 Å². The van der Waals surface area contributed by atoms with Gasteiger partial charge in [0.2, 0.25) is 5.91 Å². The maximum Gasteiger partial charge on any atom is 0.224 e. The van der Waals surface area contributed by atoms with Crippen molar-refractivity contribution in [3.8, 4) is 5.75 Å². The zero-order valence-corrected chi connectivity index (χ0v) is 11.4. The van der Waals surface area contributed by atoms with Gasteiger partial charge in [0, 0.05) is 13.1 Å². The Bertz CT molecular complexity index is 397. The summed E-state index contributed by atoms with van der Waals surface area (Å²) in [7, 11) is 1.67. The van der Waals surface area contributed by atoms with E-state index in [0.29, 0.717) is 0 Å². The molecule has 1 saturated heterocycles. The van der Waals surface area contributed by atoms with Gasteiger partial charge in [0.15, 0.2) is 0 Å². The molecular formula is C15H22N2O2. The second-order valence-corrected chi connectivity index (χ2v) is 4.93. The van der Waals surface area contributed by atoms with Crippen LogP contribution < -0.4 is 15.4 Å². The van der Waals surface area contributed by atoms with Gasteiger partial charge in [0.05, 0.1) is 13.0 Å². The van der Waals surface area contributed by atoms with Crippen molar-refractivity contribution < 1.29 is 9.53 Å². The molecule has 1 aromatic rings. The van der Waals surface area contributed by atoms with Crippen LogP contribution in [0.15, 0.2) is 24.3 Å². The molecule has 1 aliphatic heterocycles. The van der Waals surface area contributed by atoms with Gasteiger partial charge in [-0.1, -0.05) is 12.1 Å². The van der Waals surface area contributed by atoms with E-state index in [1.165, 1.54) is 5.56 Å². The Labute approximate surface area is 114 Å². The third-order valence-electron chi connectivity index (χ3n) is 3.53. The number of ether oxygens (including phenoxy) is 1. The topological polar surface area (TPSA) is 50.4 Å². The third kappa shape index (κ3) is 4.24. The fourth-order valence-corrected chi connectivity index (χ4v) is 2.32. The fraction of sp³-hybridized carbons (Fsp3) is 0.533. The first-order valence-electron chi connectivity index (χ1n) is 6.91. The molecule has 104 valence electrons. The van der Waals surface area contributed by atoms with E-state index in [2.05, 4.69) is 22.8 Å². The van der Waals surface area contributed by atoms with Crippen LogP contribution in [0.5, 0.6) is 5.75 Å². The summed E-state index contributed by atoms with van der Waals surface area (Å²) in [6.07, 6.45) is 2.91. The maximum atomic E-state index is 11.8. The summed E-state index contributed by atoms with van der Waals surface area (Å²) in [6.45, 7) is 2.54. The molecule has 1 fully saturated rings. The van der Waals surface area contributed by atoms with Gasteiger partial charge in [-0.05, 0) is 43.5 Å². The van der Waals surface area contributed by atoms with Gasteiger partial charge in [-0.3, -0.25) is 4.79 Å². The highest BCUT2D eigenvalue weighted by Gasteiger charge is 2.21. The zero-order chi connectivity index (χ0) is 13.5. The molecule has 0 spiro atoms. The van der Waals surface area contributed by atoms with Crippen LogP contribution in [0.4, 0.5) is 0 Å². The van der Waals surface area contributed by atoms with Crippen molar-refractivity contribution in [3.05, 3.63) is 29.8 Å². The lowest BCUT2D eigenvalue weighted by molar-refractivity contribution is -0.124. The van der Waals surface area contributed by atoms with Gasteiger partial charge in [-0.2, -0.15) is 0 Å². The molecule has 0 saturated carbocycles.